The highest BCUT2D eigenvalue weighted by molar-refractivity contribution is 5.92. The number of carbonyl (C=O) groups is 1. The lowest BCUT2D eigenvalue weighted by Gasteiger charge is -2.34. The first kappa shape index (κ1) is 13.6. The summed E-state index contributed by atoms with van der Waals surface area (Å²) in [6.07, 6.45) is 1.49. The fourth-order valence-electron chi connectivity index (χ4n) is 2.44. The van der Waals surface area contributed by atoms with Gasteiger partial charge in [-0.25, -0.2) is 0 Å². The molecular formula is C14H20N4O. The van der Waals surface area contributed by atoms with Gasteiger partial charge in [0.25, 0.3) is 5.91 Å². The van der Waals surface area contributed by atoms with Crippen LogP contribution in [0.15, 0.2) is 6.07 Å². The first-order chi connectivity index (χ1) is 8.99. The molecule has 1 amide bonds. The third kappa shape index (κ3) is 2.62. The van der Waals surface area contributed by atoms with Crippen molar-refractivity contribution in [3.63, 3.8) is 0 Å². The van der Waals surface area contributed by atoms with Crippen LogP contribution in [-0.4, -0.2) is 33.7 Å². The van der Waals surface area contributed by atoms with E-state index >= 15 is 0 Å². The molecule has 5 heteroatoms. The van der Waals surface area contributed by atoms with Crippen LogP contribution < -0.4 is 0 Å². The number of rotatable bonds is 2. The normalized spacial score (nSPS) is 18.1. The van der Waals surface area contributed by atoms with Crippen LogP contribution in [0.25, 0.3) is 0 Å². The summed E-state index contributed by atoms with van der Waals surface area (Å²) in [5, 5.41) is 13.4. The van der Waals surface area contributed by atoms with Crippen molar-refractivity contribution in [3.05, 3.63) is 17.5 Å². The van der Waals surface area contributed by atoms with E-state index in [-0.39, 0.29) is 11.3 Å². The molecule has 1 aliphatic heterocycles. The molecule has 102 valence electrons. The number of aryl methyl sites for hydroxylation is 2. The predicted molar refractivity (Wildman–Crippen MR) is 71.5 cm³/mol. The van der Waals surface area contributed by atoms with Crippen LogP contribution in [0, 0.1) is 23.7 Å². The van der Waals surface area contributed by atoms with Gasteiger partial charge in [-0.1, -0.05) is 0 Å². The van der Waals surface area contributed by atoms with E-state index < -0.39 is 0 Å². The van der Waals surface area contributed by atoms with E-state index in [1.54, 1.807) is 4.68 Å². The number of hydrogen-bond donors (Lipinski definition) is 0. The largest absolute Gasteiger partial charge is 0.337 e. The van der Waals surface area contributed by atoms with Gasteiger partial charge >= 0.3 is 0 Å². The standard InChI is InChI=1S/C14H20N4O/c1-4-18-12(9-11(2)16-18)13(19)17-7-5-14(3,10-15)6-8-17/h9H,4-8H2,1-3H3. The smallest absolute Gasteiger partial charge is 0.272 e. The quantitative estimate of drug-likeness (QED) is 0.816. The number of nitrogens with zero attached hydrogens (tertiary/aromatic N) is 4. The molecule has 2 heterocycles. The lowest BCUT2D eigenvalue weighted by molar-refractivity contribution is 0.0649. The number of nitriles is 1. The average molecular weight is 260 g/mol. The highest BCUT2D eigenvalue weighted by Gasteiger charge is 2.32. The summed E-state index contributed by atoms with van der Waals surface area (Å²) < 4.78 is 1.75. The molecule has 1 aromatic rings. The minimum atomic E-state index is -0.280. The molecule has 19 heavy (non-hydrogen) atoms. The summed E-state index contributed by atoms with van der Waals surface area (Å²) in [7, 11) is 0. The van der Waals surface area contributed by atoms with Gasteiger partial charge in [-0.2, -0.15) is 10.4 Å². The van der Waals surface area contributed by atoms with Crippen LogP contribution in [0.5, 0.6) is 0 Å². The summed E-state index contributed by atoms with van der Waals surface area (Å²) in [6.45, 7) is 7.83. The summed E-state index contributed by atoms with van der Waals surface area (Å²) in [5.74, 6) is 0.0300. The predicted octanol–water partition coefficient (Wildman–Crippen LogP) is 1.98. The van der Waals surface area contributed by atoms with Gasteiger partial charge in [0.2, 0.25) is 0 Å². The average Bonchev–Trinajstić information content (AvgIpc) is 2.80. The number of carbonyl (C=O) groups excluding carboxylic acids is 1. The lowest BCUT2D eigenvalue weighted by atomic mass is 9.82. The topological polar surface area (TPSA) is 61.9 Å². The Morgan fingerprint density at radius 2 is 2.16 bits per heavy atom. The summed E-state index contributed by atoms with van der Waals surface area (Å²) in [4.78, 5) is 14.3. The fraction of sp³-hybridized carbons (Fsp3) is 0.643. The number of piperidine rings is 1. The molecule has 0 N–H and O–H groups in total. The molecule has 0 atom stereocenters. The Hall–Kier alpha value is -1.83. The molecule has 0 saturated carbocycles. The molecular weight excluding hydrogens is 240 g/mol. The van der Waals surface area contributed by atoms with Crippen molar-refractivity contribution in [3.8, 4) is 6.07 Å². The Morgan fingerprint density at radius 3 is 2.68 bits per heavy atom. The van der Waals surface area contributed by atoms with E-state index in [0.717, 1.165) is 18.5 Å². The van der Waals surface area contributed by atoms with Gasteiger partial charge in [-0.05, 0) is 39.7 Å². The van der Waals surface area contributed by atoms with Gasteiger partial charge in [0.05, 0.1) is 17.2 Å². The SMILES string of the molecule is CCn1nc(C)cc1C(=O)N1CCC(C)(C#N)CC1. The molecule has 1 aliphatic rings. The van der Waals surface area contributed by atoms with Crippen LogP contribution in [-0.2, 0) is 6.54 Å². The van der Waals surface area contributed by atoms with E-state index in [1.807, 2.05) is 31.7 Å². The third-order valence-electron chi connectivity index (χ3n) is 3.84. The molecule has 0 bridgehead atoms. The van der Waals surface area contributed by atoms with Crippen LogP contribution in [0.4, 0.5) is 0 Å². The van der Waals surface area contributed by atoms with E-state index in [4.69, 9.17) is 5.26 Å². The van der Waals surface area contributed by atoms with Gasteiger partial charge < -0.3 is 4.90 Å². The maximum absolute atomic E-state index is 12.5. The van der Waals surface area contributed by atoms with Crippen LogP contribution >= 0.6 is 0 Å². The van der Waals surface area contributed by atoms with Crippen LogP contribution in [0.2, 0.25) is 0 Å². The van der Waals surface area contributed by atoms with Crippen molar-refractivity contribution in [1.29, 1.82) is 5.26 Å². The highest BCUT2D eigenvalue weighted by Crippen LogP contribution is 2.30. The molecule has 0 aliphatic carbocycles. The van der Waals surface area contributed by atoms with E-state index in [9.17, 15) is 4.79 Å². The lowest BCUT2D eigenvalue weighted by Crippen LogP contribution is -2.42. The van der Waals surface area contributed by atoms with Gasteiger partial charge in [0, 0.05) is 19.6 Å². The van der Waals surface area contributed by atoms with Gasteiger partial charge in [0.15, 0.2) is 0 Å². The second-order valence-electron chi connectivity index (χ2n) is 5.45. The van der Waals surface area contributed by atoms with Crippen molar-refractivity contribution in [2.24, 2.45) is 5.41 Å². The Balaban J connectivity index is 2.12. The number of likely N-dealkylation sites (tertiary alicyclic amines) is 1. The molecule has 1 saturated heterocycles. The van der Waals surface area contributed by atoms with Crippen molar-refractivity contribution >= 4 is 5.91 Å². The summed E-state index contributed by atoms with van der Waals surface area (Å²) >= 11 is 0. The maximum atomic E-state index is 12.5. The molecule has 0 spiro atoms. The van der Waals surface area contributed by atoms with Crippen LogP contribution in [0.3, 0.4) is 0 Å². The highest BCUT2D eigenvalue weighted by atomic mass is 16.2. The van der Waals surface area contributed by atoms with E-state index in [1.165, 1.54) is 0 Å². The van der Waals surface area contributed by atoms with Gasteiger partial charge in [-0.15, -0.1) is 0 Å². The Bertz CT molecular complexity index is 518. The minimum Gasteiger partial charge on any atom is -0.337 e. The molecule has 2 rings (SSSR count). The second-order valence-corrected chi connectivity index (χ2v) is 5.45. The Morgan fingerprint density at radius 1 is 1.53 bits per heavy atom. The molecule has 5 nitrogen and oxygen atoms in total. The van der Waals surface area contributed by atoms with E-state index in [0.29, 0.717) is 25.3 Å². The van der Waals surface area contributed by atoms with Gasteiger partial charge in [-0.3, -0.25) is 9.48 Å². The maximum Gasteiger partial charge on any atom is 0.272 e. The number of aromatic nitrogens is 2. The van der Waals surface area contributed by atoms with Crippen LogP contribution in [0.1, 0.15) is 42.9 Å². The van der Waals surface area contributed by atoms with Crippen molar-refractivity contribution in [2.75, 3.05) is 13.1 Å². The zero-order chi connectivity index (χ0) is 14.0. The summed E-state index contributed by atoms with van der Waals surface area (Å²) in [6, 6.07) is 4.19. The summed E-state index contributed by atoms with van der Waals surface area (Å²) in [5.41, 5.74) is 1.24. The Labute approximate surface area is 113 Å². The Kier molecular flexibility index (Phi) is 3.61. The second kappa shape index (κ2) is 5.04. The van der Waals surface area contributed by atoms with Crippen molar-refractivity contribution in [1.82, 2.24) is 14.7 Å². The van der Waals surface area contributed by atoms with E-state index in [2.05, 4.69) is 11.2 Å². The first-order valence-corrected chi connectivity index (χ1v) is 6.74. The minimum absolute atomic E-state index is 0.0300. The first-order valence-electron chi connectivity index (χ1n) is 6.74. The molecule has 0 unspecified atom stereocenters. The third-order valence-corrected chi connectivity index (χ3v) is 3.84. The van der Waals surface area contributed by atoms with Crippen molar-refractivity contribution in [2.45, 2.75) is 40.2 Å². The van der Waals surface area contributed by atoms with Gasteiger partial charge in [0.1, 0.15) is 5.69 Å². The van der Waals surface area contributed by atoms with Crippen molar-refractivity contribution < 1.29 is 4.79 Å². The fourth-order valence-corrected chi connectivity index (χ4v) is 2.44. The zero-order valence-corrected chi connectivity index (χ0v) is 11.8. The number of amides is 1. The molecule has 0 radical (unpaired) electrons. The molecule has 0 aromatic carbocycles. The molecule has 1 fully saturated rings. The molecule has 1 aromatic heterocycles. The number of hydrogen-bond acceptors (Lipinski definition) is 3. The monoisotopic (exact) mass is 260 g/mol. The zero-order valence-electron chi connectivity index (χ0n) is 11.8.